The summed E-state index contributed by atoms with van der Waals surface area (Å²) in [6.07, 6.45) is 0. The molecule has 0 atom stereocenters. The van der Waals surface area contributed by atoms with Crippen LogP contribution < -0.4 is 0 Å². The molecule has 0 amide bonds. The van der Waals surface area contributed by atoms with E-state index < -0.39 is 20.5 Å². The predicted molar refractivity (Wildman–Crippen MR) is 22.6 cm³/mol. The molecule has 0 heterocycles. The van der Waals surface area contributed by atoms with Crippen LogP contribution in [0.1, 0.15) is 6.92 Å². The van der Waals surface area contributed by atoms with E-state index in [-0.39, 0.29) is 17.1 Å². The third-order valence-corrected chi connectivity index (χ3v) is 1.29. The summed E-state index contributed by atoms with van der Waals surface area (Å²) >= 11 is -5.11. The zero-order valence-electron chi connectivity index (χ0n) is 4.37. The minimum absolute atomic E-state index is 0. The Balaban J connectivity index is 0. The zero-order chi connectivity index (χ0) is 6.78. The summed E-state index contributed by atoms with van der Waals surface area (Å²) in [5.74, 6) is -0.961. The van der Waals surface area contributed by atoms with Crippen LogP contribution in [-0.4, -0.2) is 28.7 Å². The molecule has 0 aromatic heterocycles. The van der Waals surface area contributed by atoms with E-state index in [9.17, 15) is 8.53 Å². The second-order valence-electron chi connectivity index (χ2n) is 1.07. The molecular weight excluding hydrogens is 242 g/mol. The molecular formula is C2H5AsCuO5. The minimum Gasteiger partial charge on any atom is 0 e. The van der Waals surface area contributed by atoms with Crippen LogP contribution in [0.4, 0.5) is 0 Å². The summed E-state index contributed by atoms with van der Waals surface area (Å²) in [6, 6.07) is 0. The SMILES string of the molecule is CC(=O)O[As](=O)(O)O.[Cu]. The number of hydrogen-bond donors (Lipinski definition) is 2. The molecule has 2 N–H and O–H groups in total. The van der Waals surface area contributed by atoms with Crippen LogP contribution in [0.25, 0.3) is 0 Å². The van der Waals surface area contributed by atoms with Gasteiger partial charge in [-0.15, -0.1) is 0 Å². The Hall–Kier alpha value is 0.268. The van der Waals surface area contributed by atoms with E-state index in [0.717, 1.165) is 6.92 Å². The first kappa shape index (κ1) is 12.0. The smallest absolute Gasteiger partial charge is 0 e. The monoisotopic (exact) mass is 247 g/mol. The van der Waals surface area contributed by atoms with Gasteiger partial charge in [-0.05, 0) is 0 Å². The van der Waals surface area contributed by atoms with Crippen LogP contribution in [0.5, 0.6) is 0 Å². The van der Waals surface area contributed by atoms with Gasteiger partial charge in [0.2, 0.25) is 0 Å². The average Bonchev–Trinajstić information content (AvgIpc) is 1.21. The van der Waals surface area contributed by atoms with E-state index in [2.05, 4.69) is 3.73 Å². The van der Waals surface area contributed by atoms with Crippen molar-refractivity contribution in [2.24, 2.45) is 0 Å². The van der Waals surface area contributed by atoms with Crippen molar-refractivity contribution in [3.63, 3.8) is 0 Å². The maximum atomic E-state index is 9.76. The van der Waals surface area contributed by atoms with Crippen molar-refractivity contribution in [1.29, 1.82) is 0 Å². The van der Waals surface area contributed by atoms with Gasteiger partial charge in [0.05, 0.1) is 0 Å². The van der Waals surface area contributed by atoms with Crippen LogP contribution in [0.2, 0.25) is 0 Å². The van der Waals surface area contributed by atoms with E-state index in [0.29, 0.717) is 0 Å². The Morgan fingerprint density at radius 1 is 1.56 bits per heavy atom. The number of carbonyl (C=O) groups excluding carboxylic acids is 1. The number of carbonyl (C=O) groups is 1. The maximum absolute atomic E-state index is 9.76. The molecule has 59 valence electrons. The van der Waals surface area contributed by atoms with Crippen molar-refractivity contribution in [2.45, 2.75) is 6.92 Å². The van der Waals surface area contributed by atoms with Crippen molar-refractivity contribution < 1.29 is 37.5 Å². The summed E-state index contributed by atoms with van der Waals surface area (Å²) in [7, 11) is 0. The Morgan fingerprint density at radius 3 is 1.89 bits per heavy atom. The van der Waals surface area contributed by atoms with Gasteiger partial charge in [0.1, 0.15) is 0 Å². The van der Waals surface area contributed by atoms with Gasteiger partial charge in [-0.3, -0.25) is 0 Å². The topological polar surface area (TPSA) is 83.8 Å². The normalized spacial score (nSPS) is 9.67. The summed E-state index contributed by atoms with van der Waals surface area (Å²) in [6.45, 7) is 0.931. The second kappa shape index (κ2) is 4.14. The molecule has 0 rings (SSSR count). The fourth-order valence-corrected chi connectivity index (χ4v) is 0.870. The first-order valence-corrected chi connectivity index (χ1v) is 4.88. The molecule has 0 unspecified atom stereocenters. The first-order chi connectivity index (χ1) is 3.42. The van der Waals surface area contributed by atoms with Crippen LogP contribution >= 0.6 is 0 Å². The summed E-state index contributed by atoms with van der Waals surface area (Å²) in [5.41, 5.74) is 0. The molecule has 1 radical (unpaired) electrons. The van der Waals surface area contributed by atoms with Crippen molar-refractivity contribution in [3.8, 4) is 0 Å². The molecule has 0 aromatic rings. The van der Waals surface area contributed by atoms with Gasteiger partial charge < -0.3 is 0 Å². The third-order valence-electron chi connectivity index (χ3n) is 0.247. The number of rotatable bonds is 1. The second-order valence-corrected chi connectivity index (χ2v) is 3.52. The van der Waals surface area contributed by atoms with Gasteiger partial charge in [-0.2, -0.15) is 0 Å². The Morgan fingerprint density at radius 2 is 1.89 bits per heavy atom. The van der Waals surface area contributed by atoms with Gasteiger partial charge >= 0.3 is 47.9 Å². The molecule has 0 aliphatic rings. The number of hydrogen-bond acceptors (Lipinski definition) is 3. The molecule has 5 nitrogen and oxygen atoms in total. The average molecular weight is 248 g/mol. The molecule has 0 spiro atoms. The van der Waals surface area contributed by atoms with Crippen LogP contribution in [0.3, 0.4) is 0 Å². The Kier molecular flexibility index (Phi) is 5.52. The molecule has 0 saturated carbocycles. The zero-order valence-corrected chi connectivity index (χ0v) is 7.19. The largest absolute Gasteiger partial charge is 0 e. The van der Waals surface area contributed by atoms with Gasteiger partial charge in [-0.1, -0.05) is 0 Å². The molecule has 0 saturated heterocycles. The van der Waals surface area contributed by atoms with E-state index in [4.69, 9.17) is 8.19 Å². The summed E-state index contributed by atoms with van der Waals surface area (Å²) in [5, 5.41) is 0. The molecule has 0 aromatic carbocycles. The van der Waals surface area contributed by atoms with Crippen molar-refractivity contribution in [2.75, 3.05) is 0 Å². The van der Waals surface area contributed by atoms with Crippen molar-refractivity contribution >= 4 is 20.5 Å². The van der Waals surface area contributed by atoms with Crippen LogP contribution in [-0.2, 0) is 29.3 Å². The molecule has 0 fully saturated rings. The van der Waals surface area contributed by atoms with Crippen LogP contribution in [0, 0.1) is 0 Å². The first-order valence-electron chi connectivity index (χ1n) is 1.67. The molecule has 0 aliphatic heterocycles. The predicted octanol–water partition coefficient (Wildman–Crippen LogP) is -1.60. The Bertz CT molecular complexity index is 138. The van der Waals surface area contributed by atoms with Gasteiger partial charge in [-0.25, -0.2) is 0 Å². The van der Waals surface area contributed by atoms with Gasteiger partial charge in [0, 0.05) is 17.1 Å². The minimum atomic E-state index is -5.11. The van der Waals surface area contributed by atoms with Gasteiger partial charge in [0.25, 0.3) is 0 Å². The van der Waals surface area contributed by atoms with Crippen molar-refractivity contribution in [1.82, 2.24) is 0 Å². The van der Waals surface area contributed by atoms with E-state index >= 15 is 0 Å². The fraction of sp³-hybridized carbons (Fsp3) is 0.500. The maximum Gasteiger partial charge on any atom is 0 e. The molecule has 0 bridgehead atoms. The Labute approximate surface area is 65.2 Å². The van der Waals surface area contributed by atoms with Gasteiger partial charge in [0.15, 0.2) is 0 Å². The summed E-state index contributed by atoms with van der Waals surface area (Å²) in [4.78, 5) is 9.76. The van der Waals surface area contributed by atoms with E-state index in [1.807, 2.05) is 0 Å². The molecule has 9 heavy (non-hydrogen) atoms. The van der Waals surface area contributed by atoms with E-state index in [1.54, 1.807) is 0 Å². The fourth-order valence-electron chi connectivity index (χ4n) is 0.167. The van der Waals surface area contributed by atoms with Crippen molar-refractivity contribution in [3.05, 3.63) is 0 Å². The third kappa shape index (κ3) is 11.7. The molecule has 0 aliphatic carbocycles. The quantitative estimate of drug-likeness (QED) is 0.545. The molecule has 7 heteroatoms. The standard InChI is InChI=1S/C2H5AsO5.Cu/c1-2(4)8-3(5,6)7;/h1H3,(H2,5,6,7);. The summed E-state index contributed by atoms with van der Waals surface area (Å²) < 4.78 is 29.1. The van der Waals surface area contributed by atoms with Crippen LogP contribution in [0.15, 0.2) is 0 Å². The van der Waals surface area contributed by atoms with E-state index in [1.165, 1.54) is 0 Å².